The minimum atomic E-state index is -0.583. The number of hydrogen-bond acceptors (Lipinski definition) is 4. The number of carbonyl (C=O) groups is 1. The fourth-order valence-corrected chi connectivity index (χ4v) is 4.25. The van der Waals surface area contributed by atoms with E-state index in [4.69, 9.17) is 14.2 Å². The zero-order chi connectivity index (χ0) is 23.8. The number of benzene rings is 3. The molecule has 0 amide bonds. The SMILES string of the molecule is CCCCOC(=O)C(Cc1ccc(OCC=C2c3ccccc3-c3ccccc32)cc1)OCC. The van der Waals surface area contributed by atoms with Crippen molar-refractivity contribution < 1.29 is 19.0 Å². The van der Waals surface area contributed by atoms with E-state index in [2.05, 4.69) is 61.5 Å². The Bertz CT molecular complexity index is 1080. The molecule has 4 rings (SSSR count). The number of carbonyl (C=O) groups excluding carboxylic acids is 1. The second-order valence-corrected chi connectivity index (χ2v) is 8.33. The molecule has 176 valence electrons. The van der Waals surface area contributed by atoms with Crippen LogP contribution in [0.5, 0.6) is 5.75 Å². The first-order valence-corrected chi connectivity index (χ1v) is 12.1. The number of ether oxygens (including phenoxy) is 3. The summed E-state index contributed by atoms with van der Waals surface area (Å²) in [5, 5.41) is 0. The molecule has 0 bridgehead atoms. The molecule has 4 nitrogen and oxygen atoms in total. The van der Waals surface area contributed by atoms with E-state index in [1.807, 2.05) is 31.2 Å². The first-order valence-electron chi connectivity index (χ1n) is 12.1. The van der Waals surface area contributed by atoms with Gasteiger partial charge >= 0.3 is 5.97 Å². The van der Waals surface area contributed by atoms with Crippen LogP contribution in [0.2, 0.25) is 0 Å². The summed E-state index contributed by atoms with van der Waals surface area (Å²) < 4.78 is 17.0. The number of fused-ring (bicyclic) bond motifs is 3. The van der Waals surface area contributed by atoms with Crippen LogP contribution in [-0.2, 0) is 20.7 Å². The van der Waals surface area contributed by atoms with Gasteiger partial charge in [-0.15, -0.1) is 0 Å². The van der Waals surface area contributed by atoms with Gasteiger partial charge in [-0.05, 0) is 64.9 Å². The molecule has 1 unspecified atom stereocenters. The summed E-state index contributed by atoms with van der Waals surface area (Å²) in [5.74, 6) is 0.498. The quantitative estimate of drug-likeness (QED) is 0.192. The monoisotopic (exact) mass is 456 g/mol. The van der Waals surface area contributed by atoms with Gasteiger partial charge in [-0.1, -0.05) is 74.0 Å². The minimum absolute atomic E-state index is 0.292. The topological polar surface area (TPSA) is 44.8 Å². The van der Waals surface area contributed by atoms with Crippen LogP contribution in [0, 0.1) is 0 Å². The van der Waals surface area contributed by atoms with Crippen molar-refractivity contribution in [1.82, 2.24) is 0 Å². The Labute approximate surface area is 202 Å². The molecule has 1 aliphatic carbocycles. The zero-order valence-electron chi connectivity index (χ0n) is 20.0. The van der Waals surface area contributed by atoms with Gasteiger partial charge in [0.25, 0.3) is 0 Å². The second-order valence-electron chi connectivity index (χ2n) is 8.33. The molecule has 3 aromatic carbocycles. The van der Waals surface area contributed by atoms with Crippen molar-refractivity contribution >= 4 is 11.5 Å². The molecule has 0 fully saturated rings. The van der Waals surface area contributed by atoms with Crippen LogP contribution in [0.3, 0.4) is 0 Å². The van der Waals surface area contributed by atoms with Crippen molar-refractivity contribution in [3.8, 4) is 16.9 Å². The molecule has 0 radical (unpaired) electrons. The lowest BCUT2D eigenvalue weighted by molar-refractivity contribution is -0.157. The molecule has 0 aliphatic heterocycles. The Balaban J connectivity index is 1.38. The van der Waals surface area contributed by atoms with Crippen molar-refractivity contribution in [2.45, 2.75) is 39.2 Å². The maximum absolute atomic E-state index is 12.3. The lowest BCUT2D eigenvalue weighted by atomic mass is 10.0. The van der Waals surface area contributed by atoms with E-state index >= 15 is 0 Å². The van der Waals surface area contributed by atoms with Crippen LogP contribution in [0.15, 0.2) is 78.9 Å². The zero-order valence-corrected chi connectivity index (χ0v) is 20.0. The largest absolute Gasteiger partial charge is 0.490 e. The van der Waals surface area contributed by atoms with Crippen molar-refractivity contribution in [3.05, 3.63) is 95.6 Å². The third-order valence-corrected chi connectivity index (χ3v) is 5.98. The Hall–Kier alpha value is -3.37. The molecule has 0 aromatic heterocycles. The van der Waals surface area contributed by atoms with E-state index in [0.717, 1.165) is 24.2 Å². The van der Waals surface area contributed by atoms with Gasteiger partial charge in [-0.2, -0.15) is 0 Å². The molecule has 0 N–H and O–H groups in total. The maximum atomic E-state index is 12.3. The molecule has 0 saturated heterocycles. The van der Waals surface area contributed by atoms with Crippen LogP contribution in [0.1, 0.15) is 43.4 Å². The van der Waals surface area contributed by atoms with Gasteiger partial charge in [0.2, 0.25) is 0 Å². The van der Waals surface area contributed by atoms with Crippen molar-refractivity contribution in [2.75, 3.05) is 19.8 Å². The second kappa shape index (κ2) is 11.7. The number of esters is 1. The summed E-state index contributed by atoms with van der Waals surface area (Å²) >= 11 is 0. The third-order valence-electron chi connectivity index (χ3n) is 5.98. The smallest absolute Gasteiger partial charge is 0.335 e. The van der Waals surface area contributed by atoms with Gasteiger partial charge < -0.3 is 14.2 Å². The van der Waals surface area contributed by atoms with Gasteiger partial charge in [0.05, 0.1) is 6.61 Å². The highest BCUT2D eigenvalue weighted by Gasteiger charge is 2.22. The standard InChI is InChI=1S/C30H32O4/c1-3-5-19-34-30(31)29(32-4-2)21-22-14-16-23(17-15-22)33-20-18-28-26-12-8-6-10-24(26)25-11-7-9-13-27(25)28/h6-18,29H,3-5,19-21H2,1-2H3. The summed E-state index contributed by atoms with van der Waals surface area (Å²) in [7, 11) is 0. The molecule has 34 heavy (non-hydrogen) atoms. The maximum Gasteiger partial charge on any atom is 0.335 e. The number of unbranched alkanes of at least 4 members (excludes halogenated alkanes) is 1. The highest BCUT2D eigenvalue weighted by molar-refractivity contribution is 6.01. The van der Waals surface area contributed by atoms with Crippen molar-refractivity contribution in [1.29, 1.82) is 0 Å². The lowest BCUT2D eigenvalue weighted by Gasteiger charge is -2.16. The average molecular weight is 457 g/mol. The summed E-state index contributed by atoms with van der Waals surface area (Å²) in [6, 6.07) is 24.8. The fraction of sp³-hybridized carbons (Fsp3) is 0.300. The van der Waals surface area contributed by atoms with Gasteiger partial charge in [-0.25, -0.2) is 4.79 Å². The van der Waals surface area contributed by atoms with Gasteiger partial charge in [-0.3, -0.25) is 0 Å². The van der Waals surface area contributed by atoms with E-state index in [-0.39, 0.29) is 5.97 Å². The number of hydrogen-bond donors (Lipinski definition) is 0. The Morgan fingerprint density at radius 3 is 2.06 bits per heavy atom. The molecule has 1 atom stereocenters. The van der Waals surface area contributed by atoms with E-state index in [1.165, 1.54) is 27.8 Å². The average Bonchev–Trinajstić information content (AvgIpc) is 3.19. The van der Waals surface area contributed by atoms with Gasteiger partial charge in [0.15, 0.2) is 6.10 Å². The first-order chi connectivity index (χ1) is 16.7. The molecule has 3 aromatic rings. The summed E-state index contributed by atoms with van der Waals surface area (Å²) in [5.41, 5.74) is 7.25. The molecular formula is C30H32O4. The highest BCUT2D eigenvalue weighted by atomic mass is 16.6. The highest BCUT2D eigenvalue weighted by Crippen LogP contribution is 2.43. The van der Waals surface area contributed by atoms with E-state index in [1.54, 1.807) is 0 Å². The summed E-state index contributed by atoms with van der Waals surface area (Å²) in [4.78, 5) is 12.3. The third kappa shape index (κ3) is 5.57. The molecule has 0 spiro atoms. The normalized spacial score (nSPS) is 12.6. The molecule has 0 heterocycles. The van der Waals surface area contributed by atoms with Crippen molar-refractivity contribution in [3.63, 3.8) is 0 Å². The van der Waals surface area contributed by atoms with Crippen LogP contribution >= 0.6 is 0 Å². The Kier molecular flexibility index (Phi) is 8.16. The Morgan fingerprint density at radius 1 is 0.853 bits per heavy atom. The molecule has 0 saturated carbocycles. The van der Waals surface area contributed by atoms with Gasteiger partial charge in [0, 0.05) is 13.0 Å². The predicted molar refractivity (Wildman–Crippen MR) is 136 cm³/mol. The van der Waals surface area contributed by atoms with Crippen LogP contribution in [0.4, 0.5) is 0 Å². The van der Waals surface area contributed by atoms with Crippen molar-refractivity contribution in [2.24, 2.45) is 0 Å². The lowest BCUT2D eigenvalue weighted by Crippen LogP contribution is -2.29. The molecule has 4 heteroatoms. The van der Waals surface area contributed by atoms with E-state index in [9.17, 15) is 4.79 Å². The van der Waals surface area contributed by atoms with Crippen LogP contribution in [-0.4, -0.2) is 31.9 Å². The first kappa shape index (κ1) is 23.8. The minimum Gasteiger partial charge on any atom is -0.490 e. The predicted octanol–water partition coefficient (Wildman–Crippen LogP) is 6.47. The van der Waals surface area contributed by atoms with E-state index in [0.29, 0.717) is 26.2 Å². The van der Waals surface area contributed by atoms with Gasteiger partial charge in [0.1, 0.15) is 12.4 Å². The number of rotatable bonds is 11. The molecular weight excluding hydrogens is 424 g/mol. The summed E-state index contributed by atoms with van der Waals surface area (Å²) in [6.45, 7) is 5.34. The Morgan fingerprint density at radius 2 is 1.47 bits per heavy atom. The molecule has 1 aliphatic rings. The fourth-order valence-electron chi connectivity index (χ4n) is 4.25. The van der Waals surface area contributed by atoms with E-state index < -0.39 is 6.10 Å². The van der Waals surface area contributed by atoms with Crippen LogP contribution < -0.4 is 4.74 Å². The van der Waals surface area contributed by atoms with Crippen LogP contribution in [0.25, 0.3) is 16.7 Å². The summed E-state index contributed by atoms with van der Waals surface area (Å²) in [6.07, 6.45) is 3.90.